The minimum atomic E-state index is -3.78. The van der Waals surface area contributed by atoms with Crippen molar-refractivity contribution in [2.24, 2.45) is 0 Å². The molecular formula is C40H36N8O5S. The van der Waals surface area contributed by atoms with Crippen LogP contribution in [0.25, 0.3) is 28.5 Å². The molecule has 0 aliphatic carbocycles. The van der Waals surface area contributed by atoms with Crippen LogP contribution in [0.1, 0.15) is 5.56 Å². The number of nitrogens with zero attached hydrogens (tertiary/aromatic N) is 5. The van der Waals surface area contributed by atoms with Gasteiger partial charge < -0.3 is 24.8 Å². The third-order valence-corrected chi connectivity index (χ3v) is 9.76. The Hall–Kier alpha value is -6.93. The first-order valence-corrected chi connectivity index (χ1v) is 18.2. The number of anilines is 5. The lowest BCUT2D eigenvalue weighted by Crippen LogP contribution is -2.12. The molecule has 272 valence electrons. The standard InChI is InChI=1S/C40H36N8O5S/c1-26-5-23-35(24-6-26)54(49,50)47-31-11-7-27(8-12-31)36-25-37(28-9-17-32(51-2)18-10-28)48(46-36)40-44-38(41-29-13-19-33(52-3)20-14-29)43-39(45-40)42-30-15-21-34(53-4)22-16-30/h5-25,47H,1-4H3,(H2,41,42,43,44,45). The van der Waals surface area contributed by atoms with Crippen molar-refractivity contribution in [3.63, 3.8) is 0 Å². The lowest BCUT2D eigenvalue weighted by molar-refractivity contribution is 0.415. The monoisotopic (exact) mass is 740 g/mol. The quantitative estimate of drug-likeness (QED) is 0.105. The van der Waals surface area contributed by atoms with E-state index < -0.39 is 10.0 Å². The van der Waals surface area contributed by atoms with Gasteiger partial charge in [0.25, 0.3) is 16.0 Å². The SMILES string of the molecule is COc1ccc(Nc2nc(Nc3ccc(OC)cc3)nc(-n3nc(-c4ccc(NS(=O)(=O)c5ccc(C)cc5)cc4)cc3-c3ccc(OC)cc3)n2)cc1. The average Bonchev–Trinajstić information content (AvgIpc) is 3.64. The van der Waals surface area contributed by atoms with E-state index in [1.165, 1.54) is 0 Å². The predicted octanol–water partition coefficient (Wildman–Crippen LogP) is 8.01. The van der Waals surface area contributed by atoms with Crippen LogP contribution in [0.15, 0.2) is 132 Å². The molecular weight excluding hydrogens is 705 g/mol. The summed E-state index contributed by atoms with van der Waals surface area (Å²) in [6.45, 7) is 1.90. The van der Waals surface area contributed by atoms with Crippen LogP contribution in [-0.4, -0.2) is 54.5 Å². The van der Waals surface area contributed by atoms with Gasteiger partial charge in [-0.2, -0.15) is 24.7 Å². The lowest BCUT2D eigenvalue weighted by Gasteiger charge is -2.12. The predicted molar refractivity (Wildman–Crippen MR) is 209 cm³/mol. The fourth-order valence-corrected chi connectivity index (χ4v) is 6.52. The number of benzene rings is 5. The van der Waals surface area contributed by atoms with E-state index in [0.29, 0.717) is 34.3 Å². The molecule has 0 aliphatic rings. The van der Waals surface area contributed by atoms with Crippen LogP contribution in [0.2, 0.25) is 0 Å². The van der Waals surface area contributed by atoms with Crippen molar-refractivity contribution in [1.82, 2.24) is 24.7 Å². The minimum Gasteiger partial charge on any atom is -0.497 e. The molecule has 2 aromatic heterocycles. The summed E-state index contributed by atoms with van der Waals surface area (Å²) in [6, 6.07) is 38.0. The number of rotatable bonds is 13. The van der Waals surface area contributed by atoms with Gasteiger partial charge in [-0.15, -0.1) is 0 Å². The first kappa shape index (κ1) is 35.5. The topological polar surface area (TPSA) is 154 Å². The first-order chi connectivity index (χ1) is 26.2. The molecule has 0 bridgehead atoms. The Morgan fingerprint density at radius 2 is 1.02 bits per heavy atom. The molecule has 0 fully saturated rings. The van der Waals surface area contributed by atoms with Crippen LogP contribution in [0.4, 0.5) is 29.0 Å². The molecule has 0 saturated carbocycles. The summed E-state index contributed by atoms with van der Waals surface area (Å²) in [5, 5.41) is 11.5. The van der Waals surface area contributed by atoms with Gasteiger partial charge in [-0.05, 0) is 110 Å². The van der Waals surface area contributed by atoms with Crippen LogP contribution < -0.4 is 29.6 Å². The maximum absolute atomic E-state index is 13.0. The molecule has 0 unspecified atom stereocenters. The second kappa shape index (κ2) is 15.4. The van der Waals surface area contributed by atoms with Crippen LogP contribution in [-0.2, 0) is 10.0 Å². The van der Waals surface area contributed by atoms with Crippen molar-refractivity contribution in [1.29, 1.82) is 0 Å². The lowest BCUT2D eigenvalue weighted by atomic mass is 10.1. The van der Waals surface area contributed by atoms with Crippen molar-refractivity contribution in [2.45, 2.75) is 11.8 Å². The van der Waals surface area contributed by atoms with Crippen LogP contribution in [0.3, 0.4) is 0 Å². The highest BCUT2D eigenvalue weighted by atomic mass is 32.2. The second-order valence-corrected chi connectivity index (χ2v) is 13.7. The highest BCUT2D eigenvalue weighted by Crippen LogP contribution is 2.31. The Bertz CT molecular complexity index is 2400. The summed E-state index contributed by atoms with van der Waals surface area (Å²) in [7, 11) is 1.06. The highest BCUT2D eigenvalue weighted by molar-refractivity contribution is 7.92. The van der Waals surface area contributed by atoms with Crippen LogP contribution in [0.5, 0.6) is 17.2 Å². The number of nitrogens with one attached hydrogen (secondary N) is 3. The Morgan fingerprint density at radius 3 is 1.52 bits per heavy atom. The molecule has 7 aromatic rings. The summed E-state index contributed by atoms with van der Waals surface area (Å²) < 4.78 is 46.4. The van der Waals surface area contributed by atoms with Gasteiger partial charge in [-0.25, -0.2) is 8.42 Å². The normalized spacial score (nSPS) is 11.1. The third kappa shape index (κ3) is 8.08. The van der Waals surface area contributed by atoms with E-state index >= 15 is 0 Å². The summed E-state index contributed by atoms with van der Waals surface area (Å²) in [6.07, 6.45) is 0. The zero-order chi connectivity index (χ0) is 37.7. The van der Waals surface area contributed by atoms with Gasteiger partial charge in [0.1, 0.15) is 17.2 Å². The number of aromatic nitrogens is 5. The number of ether oxygens (including phenoxy) is 3. The van der Waals surface area contributed by atoms with Gasteiger partial charge in [0, 0.05) is 28.2 Å². The molecule has 0 spiro atoms. The van der Waals surface area contributed by atoms with E-state index in [4.69, 9.17) is 29.3 Å². The highest BCUT2D eigenvalue weighted by Gasteiger charge is 2.19. The van der Waals surface area contributed by atoms with Gasteiger partial charge in [-0.3, -0.25) is 4.72 Å². The van der Waals surface area contributed by atoms with E-state index in [2.05, 4.69) is 20.3 Å². The molecule has 54 heavy (non-hydrogen) atoms. The molecule has 0 aliphatic heterocycles. The molecule has 0 atom stereocenters. The summed E-state index contributed by atoms with van der Waals surface area (Å²) in [5.41, 5.74) is 5.71. The van der Waals surface area contributed by atoms with Crippen LogP contribution in [0, 0.1) is 6.92 Å². The van der Waals surface area contributed by atoms with Gasteiger partial charge in [0.2, 0.25) is 11.9 Å². The molecule has 0 saturated heterocycles. The van der Waals surface area contributed by atoms with Crippen molar-refractivity contribution in [2.75, 3.05) is 36.7 Å². The molecule has 0 radical (unpaired) electrons. The van der Waals surface area contributed by atoms with Crippen molar-refractivity contribution in [3.8, 4) is 45.7 Å². The number of hydrogen-bond acceptors (Lipinski definition) is 11. The Kier molecular flexibility index (Phi) is 10.1. The van der Waals surface area contributed by atoms with Gasteiger partial charge in [-0.1, -0.05) is 29.8 Å². The molecule has 5 aromatic carbocycles. The molecule has 2 heterocycles. The Labute approximate surface area is 312 Å². The maximum Gasteiger partial charge on any atom is 0.261 e. The number of methoxy groups -OCH3 is 3. The van der Waals surface area contributed by atoms with E-state index in [1.54, 1.807) is 74.5 Å². The second-order valence-electron chi connectivity index (χ2n) is 12.0. The molecule has 13 nitrogen and oxygen atoms in total. The number of sulfonamides is 1. The van der Waals surface area contributed by atoms with Crippen molar-refractivity contribution < 1.29 is 22.6 Å². The fourth-order valence-electron chi connectivity index (χ4n) is 5.46. The summed E-state index contributed by atoms with van der Waals surface area (Å²) >= 11 is 0. The zero-order valence-electron chi connectivity index (χ0n) is 29.8. The van der Waals surface area contributed by atoms with Gasteiger partial charge in [0.15, 0.2) is 0 Å². The first-order valence-electron chi connectivity index (χ1n) is 16.7. The number of aryl methyl sites for hydroxylation is 1. The van der Waals surface area contributed by atoms with Crippen LogP contribution >= 0.6 is 0 Å². The Morgan fingerprint density at radius 1 is 0.556 bits per heavy atom. The molecule has 0 amide bonds. The summed E-state index contributed by atoms with van der Waals surface area (Å²) in [4.78, 5) is 14.4. The average molecular weight is 741 g/mol. The van der Waals surface area contributed by atoms with E-state index in [-0.39, 0.29) is 22.7 Å². The molecule has 3 N–H and O–H groups in total. The maximum atomic E-state index is 13.0. The third-order valence-electron chi connectivity index (χ3n) is 8.36. The molecule has 14 heteroatoms. The Balaban J connectivity index is 1.28. The fraction of sp³-hybridized carbons (Fsp3) is 0.100. The van der Waals surface area contributed by atoms with Crippen molar-refractivity contribution >= 4 is 39.0 Å². The van der Waals surface area contributed by atoms with Gasteiger partial charge >= 0.3 is 0 Å². The molecule has 7 rings (SSSR count). The van der Waals surface area contributed by atoms with E-state index in [1.807, 2.05) is 85.8 Å². The smallest absolute Gasteiger partial charge is 0.261 e. The van der Waals surface area contributed by atoms with Gasteiger partial charge in [0.05, 0.1) is 37.6 Å². The zero-order valence-corrected chi connectivity index (χ0v) is 30.6. The number of hydrogen-bond donors (Lipinski definition) is 3. The van der Waals surface area contributed by atoms with Crippen molar-refractivity contribution in [3.05, 3.63) is 133 Å². The largest absolute Gasteiger partial charge is 0.497 e. The van der Waals surface area contributed by atoms with E-state index in [9.17, 15) is 8.42 Å². The van der Waals surface area contributed by atoms with E-state index in [0.717, 1.165) is 28.1 Å². The minimum absolute atomic E-state index is 0.180. The summed E-state index contributed by atoms with van der Waals surface area (Å²) in [5.74, 6) is 2.89.